The lowest BCUT2D eigenvalue weighted by Crippen LogP contribution is -2.27. The minimum absolute atomic E-state index is 0.00123. The second-order valence-electron chi connectivity index (χ2n) is 8.18. The van der Waals surface area contributed by atoms with Gasteiger partial charge < -0.3 is 18.9 Å². The number of furan rings is 1. The maximum Gasteiger partial charge on any atom is 0.228 e. The maximum atomic E-state index is 12.9. The van der Waals surface area contributed by atoms with E-state index in [1.807, 2.05) is 29.6 Å². The number of aromatic nitrogens is 2. The Hall–Kier alpha value is -4.24. The van der Waals surface area contributed by atoms with Gasteiger partial charge in [-0.15, -0.1) is 11.3 Å². The Morgan fingerprint density at radius 1 is 1.11 bits per heavy atom. The van der Waals surface area contributed by atoms with E-state index in [1.54, 1.807) is 49.9 Å². The van der Waals surface area contributed by atoms with Gasteiger partial charge in [0.1, 0.15) is 22.3 Å². The molecule has 36 heavy (non-hydrogen) atoms. The van der Waals surface area contributed by atoms with Crippen LogP contribution < -0.4 is 15.5 Å². The van der Waals surface area contributed by atoms with E-state index in [-0.39, 0.29) is 23.3 Å². The number of amides is 1. The quantitative estimate of drug-likeness (QED) is 0.326. The molecule has 0 aliphatic rings. The summed E-state index contributed by atoms with van der Waals surface area (Å²) in [6.45, 7) is 2.12. The van der Waals surface area contributed by atoms with Gasteiger partial charge in [0.2, 0.25) is 16.9 Å². The molecule has 0 saturated heterocycles. The summed E-state index contributed by atoms with van der Waals surface area (Å²) in [5.74, 6) is 1.35. The van der Waals surface area contributed by atoms with Crippen molar-refractivity contribution >= 4 is 28.4 Å². The van der Waals surface area contributed by atoms with Crippen LogP contribution in [0.5, 0.6) is 5.75 Å². The van der Waals surface area contributed by atoms with Gasteiger partial charge in [-0.1, -0.05) is 0 Å². The van der Waals surface area contributed by atoms with Crippen LogP contribution in [-0.2, 0) is 17.6 Å². The molecule has 9 heteroatoms. The second-order valence-corrected chi connectivity index (χ2v) is 9.04. The van der Waals surface area contributed by atoms with Gasteiger partial charge in [-0.3, -0.25) is 14.6 Å². The minimum atomic E-state index is -0.289. The molecule has 182 valence electrons. The number of carbonyl (C=O) groups is 1. The summed E-state index contributed by atoms with van der Waals surface area (Å²) >= 11 is 1.54. The molecule has 0 bridgehead atoms. The number of rotatable bonds is 8. The van der Waals surface area contributed by atoms with Crippen LogP contribution in [0, 0.1) is 6.92 Å². The van der Waals surface area contributed by atoms with E-state index in [0.717, 1.165) is 16.3 Å². The molecule has 4 aromatic heterocycles. The van der Waals surface area contributed by atoms with Crippen LogP contribution in [0.25, 0.3) is 33.1 Å². The highest BCUT2D eigenvalue weighted by atomic mass is 32.1. The maximum absolute atomic E-state index is 12.9. The molecule has 1 amide bonds. The average Bonchev–Trinajstić information content (AvgIpc) is 3.50. The fourth-order valence-corrected chi connectivity index (χ4v) is 4.74. The van der Waals surface area contributed by atoms with Crippen molar-refractivity contribution in [2.75, 3.05) is 13.7 Å². The van der Waals surface area contributed by atoms with Crippen molar-refractivity contribution in [3.63, 3.8) is 0 Å². The summed E-state index contributed by atoms with van der Waals surface area (Å²) in [5, 5.41) is 5.82. The molecule has 0 radical (unpaired) electrons. The average molecular weight is 502 g/mol. The monoisotopic (exact) mass is 501 g/mol. The van der Waals surface area contributed by atoms with Gasteiger partial charge in [0, 0.05) is 47.9 Å². The molecule has 5 aromatic rings. The smallest absolute Gasteiger partial charge is 0.228 e. The number of pyridine rings is 1. The Morgan fingerprint density at radius 2 is 1.94 bits per heavy atom. The van der Waals surface area contributed by atoms with Crippen molar-refractivity contribution in [2.24, 2.45) is 0 Å². The van der Waals surface area contributed by atoms with E-state index in [2.05, 4.69) is 15.3 Å². The third kappa shape index (κ3) is 4.92. The molecular weight excluding hydrogens is 478 g/mol. The zero-order chi connectivity index (χ0) is 25.1. The van der Waals surface area contributed by atoms with Gasteiger partial charge in [-0.2, -0.15) is 0 Å². The molecule has 0 unspecified atom stereocenters. The summed E-state index contributed by atoms with van der Waals surface area (Å²) < 4.78 is 17.0. The molecule has 0 aliphatic carbocycles. The predicted octanol–water partition coefficient (Wildman–Crippen LogP) is 4.79. The number of aryl methyl sites for hydroxylation is 1. The normalized spacial score (nSPS) is 11.1. The highest BCUT2D eigenvalue weighted by Crippen LogP contribution is 2.34. The van der Waals surface area contributed by atoms with E-state index in [9.17, 15) is 9.59 Å². The van der Waals surface area contributed by atoms with Crippen LogP contribution in [-0.4, -0.2) is 29.5 Å². The number of ether oxygens (including phenoxy) is 1. The standard InChI is InChI=1S/C27H23N3O5S/c1-16-12-22(31)26-25(34-16)21(24(35-26)17-5-7-20(33-2)8-6-17)13-23(32)29-11-9-19-15-36-27(30-19)18-4-3-10-28-14-18/h3-8,10,12,14-15H,9,11,13H2,1-2H3,(H,29,32). The number of methoxy groups -OCH3 is 1. The Labute approximate surface area is 210 Å². The molecule has 0 saturated carbocycles. The predicted molar refractivity (Wildman–Crippen MR) is 137 cm³/mol. The summed E-state index contributed by atoms with van der Waals surface area (Å²) in [6, 6.07) is 12.4. The molecular formula is C27H23N3O5S. The van der Waals surface area contributed by atoms with Gasteiger partial charge in [0.05, 0.1) is 24.8 Å². The largest absolute Gasteiger partial charge is 0.497 e. The highest BCUT2D eigenvalue weighted by Gasteiger charge is 2.23. The summed E-state index contributed by atoms with van der Waals surface area (Å²) in [5.41, 5.74) is 3.21. The Bertz CT molecular complexity index is 1570. The molecule has 0 aliphatic heterocycles. The van der Waals surface area contributed by atoms with Gasteiger partial charge in [-0.05, 0) is 43.3 Å². The zero-order valence-electron chi connectivity index (χ0n) is 19.7. The third-order valence-corrected chi connectivity index (χ3v) is 6.57. The number of benzene rings is 1. The SMILES string of the molecule is COc1ccc(-c2oc3c(=O)cc(C)oc3c2CC(=O)NCCc2csc(-c3cccnc3)n2)cc1. The van der Waals surface area contributed by atoms with Crippen LogP contribution in [0.2, 0.25) is 0 Å². The molecule has 1 N–H and O–H groups in total. The lowest BCUT2D eigenvalue weighted by Gasteiger charge is -2.06. The van der Waals surface area contributed by atoms with Crippen molar-refractivity contribution in [1.29, 1.82) is 0 Å². The van der Waals surface area contributed by atoms with E-state index in [0.29, 0.717) is 46.9 Å². The molecule has 1 aromatic carbocycles. The van der Waals surface area contributed by atoms with Crippen molar-refractivity contribution in [1.82, 2.24) is 15.3 Å². The molecule has 4 heterocycles. The van der Waals surface area contributed by atoms with Crippen LogP contribution >= 0.6 is 11.3 Å². The van der Waals surface area contributed by atoms with E-state index < -0.39 is 0 Å². The first-order valence-corrected chi connectivity index (χ1v) is 12.2. The highest BCUT2D eigenvalue weighted by molar-refractivity contribution is 7.13. The molecule has 5 rings (SSSR count). The Morgan fingerprint density at radius 3 is 2.69 bits per heavy atom. The second kappa shape index (κ2) is 10.2. The first-order chi connectivity index (χ1) is 17.5. The van der Waals surface area contributed by atoms with Gasteiger partial charge in [-0.25, -0.2) is 4.98 Å². The lowest BCUT2D eigenvalue weighted by molar-refractivity contribution is -0.120. The molecule has 0 fully saturated rings. The number of thiazole rings is 1. The fourth-order valence-electron chi connectivity index (χ4n) is 3.89. The number of carbonyl (C=O) groups excluding carboxylic acids is 1. The van der Waals surface area contributed by atoms with Crippen molar-refractivity contribution in [2.45, 2.75) is 19.8 Å². The van der Waals surface area contributed by atoms with E-state index in [1.165, 1.54) is 6.07 Å². The third-order valence-electron chi connectivity index (χ3n) is 5.63. The van der Waals surface area contributed by atoms with Crippen LogP contribution in [0.3, 0.4) is 0 Å². The number of hydrogen-bond acceptors (Lipinski definition) is 8. The van der Waals surface area contributed by atoms with Gasteiger partial charge in [0.25, 0.3) is 0 Å². The number of nitrogens with one attached hydrogen (secondary N) is 1. The van der Waals surface area contributed by atoms with Crippen molar-refractivity contribution < 1.29 is 18.4 Å². The topological polar surface area (TPSA) is 107 Å². The number of fused-ring (bicyclic) bond motifs is 1. The summed E-state index contributed by atoms with van der Waals surface area (Å²) in [4.78, 5) is 34.2. The number of hydrogen-bond donors (Lipinski definition) is 1. The first-order valence-electron chi connectivity index (χ1n) is 11.3. The van der Waals surface area contributed by atoms with Crippen molar-refractivity contribution in [3.8, 4) is 27.6 Å². The van der Waals surface area contributed by atoms with Crippen molar-refractivity contribution in [3.05, 3.63) is 87.5 Å². The Balaban J connectivity index is 1.33. The zero-order valence-corrected chi connectivity index (χ0v) is 20.6. The van der Waals surface area contributed by atoms with Gasteiger partial charge >= 0.3 is 0 Å². The van der Waals surface area contributed by atoms with Gasteiger partial charge in [0.15, 0.2) is 5.58 Å². The molecule has 0 atom stereocenters. The molecule has 0 spiro atoms. The van der Waals surface area contributed by atoms with Crippen LogP contribution in [0.1, 0.15) is 17.0 Å². The molecule has 8 nitrogen and oxygen atoms in total. The minimum Gasteiger partial charge on any atom is -0.497 e. The van der Waals surface area contributed by atoms with E-state index >= 15 is 0 Å². The van der Waals surface area contributed by atoms with Crippen LogP contribution in [0.4, 0.5) is 0 Å². The van der Waals surface area contributed by atoms with Crippen LogP contribution in [0.15, 0.2) is 73.9 Å². The summed E-state index contributed by atoms with van der Waals surface area (Å²) in [7, 11) is 1.59. The summed E-state index contributed by atoms with van der Waals surface area (Å²) in [6.07, 6.45) is 4.09. The van der Waals surface area contributed by atoms with E-state index in [4.69, 9.17) is 13.6 Å². The lowest BCUT2D eigenvalue weighted by atomic mass is 10.1. The number of nitrogens with zero attached hydrogens (tertiary/aromatic N) is 2. The fraction of sp³-hybridized carbons (Fsp3) is 0.185. The first kappa shape index (κ1) is 23.5. The Kier molecular flexibility index (Phi) is 6.64.